The molecule has 2 aromatic carbocycles. The van der Waals surface area contributed by atoms with E-state index in [-0.39, 0.29) is 12.0 Å². The second-order valence-corrected chi connectivity index (χ2v) is 7.01. The third kappa shape index (κ3) is 6.00. The predicted octanol–water partition coefficient (Wildman–Crippen LogP) is 3.88. The normalized spacial score (nSPS) is 14.3. The number of anilines is 2. The van der Waals surface area contributed by atoms with E-state index in [1.807, 2.05) is 38.1 Å². The number of nitrogens with one attached hydrogen (secondary N) is 1. The van der Waals surface area contributed by atoms with E-state index in [1.165, 1.54) is 11.3 Å². The number of rotatable bonds is 7. The molecule has 1 heterocycles. The summed E-state index contributed by atoms with van der Waals surface area (Å²) in [5.41, 5.74) is 3.18. The molecule has 0 spiro atoms. The van der Waals surface area contributed by atoms with E-state index in [1.54, 1.807) is 0 Å². The van der Waals surface area contributed by atoms with Gasteiger partial charge in [-0.25, -0.2) is 0 Å². The van der Waals surface area contributed by atoms with Crippen molar-refractivity contribution in [2.45, 2.75) is 32.8 Å². The van der Waals surface area contributed by atoms with E-state index in [0.29, 0.717) is 6.42 Å². The van der Waals surface area contributed by atoms with E-state index >= 15 is 0 Å². The van der Waals surface area contributed by atoms with Gasteiger partial charge in [0, 0.05) is 30.9 Å². The molecule has 1 saturated heterocycles. The first-order valence-electron chi connectivity index (χ1n) is 9.58. The Labute approximate surface area is 161 Å². The highest BCUT2D eigenvalue weighted by molar-refractivity contribution is 5.90. The second kappa shape index (κ2) is 9.42. The van der Waals surface area contributed by atoms with Gasteiger partial charge in [0.15, 0.2) is 0 Å². The maximum atomic E-state index is 12.2. The van der Waals surface area contributed by atoms with Gasteiger partial charge >= 0.3 is 0 Å². The third-order valence-corrected chi connectivity index (χ3v) is 4.46. The zero-order chi connectivity index (χ0) is 19.1. The fraction of sp³-hybridized carbons (Fsp3) is 0.409. The van der Waals surface area contributed by atoms with Crippen molar-refractivity contribution < 1.29 is 14.3 Å². The Kier molecular flexibility index (Phi) is 6.71. The number of benzene rings is 2. The topological polar surface area (TPSA) is 50.8 Å². The number of aryl methyl sites for hydroxylation is 1. The minimum atomic E-state index is 0.0183. The molecule has 0 unspecified atom stereocenters. The highest BCUT2D eigenvalue weighted by Gasteiger charge is 2.11. The molecule has 1 aliphatic heterocycles. The zero-order valence-electron chi connectivity index (χ0n) is 16.1. The molecule has 1 amide bonds. The van der Waals surface area contributed by atoms with Crippen LogP contribution in [0.25, 0.3) is 0 Å². The van der Waals surface area contributed by atoms with E-state index in [2.05, 4.69) is 34.5 Å². The van der Waals surface area contributed by atoms with Crippen molar-refractivity contribution >= 4 is 17.3 Å². The van der Waals surface area contributed by atoms with Crippen LogP contribution in [0.1, 0.15) is 25.8 Å². The molecule has 144 valence electrons. The molecule has 0 saturated carbocycles. The number of carbonyl (C=O) groups is 1. The summed E-state index contributed by atoms with van der Waals surface area (Å²) in [5, 5.41) is 2.94. The molecule has 0 radical (unpaired) electrons. The van der Waals surface area contributed by atoms with Crippen LogP contribution >= 0.6 is 0 Å². The summed E-state index contributed by atoms with van der Waals surface area (Å²) in [6, 6.07) is 16.0. The van der Waals surface area contributed by atoms with Crippen LogP contribution in [-0.2, 0) is 16.0 Å². The van der Waals surface area contributed by atoms with Gasteiger partial charge in [-0.05, 0) is 62.2 Å². The summed E-state index contributed by atoms with van der Waals surface area (Å²) < 4.78 is 11.0. The predicted molar refractivity (Wildman–Crippen MR) is 109 cm³/mol. The number of hydrogen-bond acceptors (Lipinski definition) is 4. The molecule has 5 nitrogen and oxygen atoms in total. The van der Waals surface area contributed by atoms with Gasteiger partial charge in [0.1, 0.15) is 5.75 Å². The summed E-state index contributed by atoms with van der Waals surface area (Å²) in [6.07, 6.45) is 1.32. The quantitative estimate of drug-likeness (QED) is 0.806. The average molecular weight is 368 g/mol. The van der Waals surface area contributed by atoms with Crippen molar-refractivity contribution in [3.8, 4) is 5.75 Å². The fourth-order valence-corrected chi connectivity index (χ4v) is 3.07. The molecular formula is C22H28N2O3. The van der Waals surface area contributed by atoms with Crippen LogP contribution < -0.4 is 15.0 Å². The van der Waals surface area contributed by atoms with Crippen molar-refractivity contribution in [2.24, 2.45) is 0 Å². The SMILES string of the molecule is CC(C)Oc1ccc(NC(=O)CCc2ccc(N3CCOCC3)cc2)cc1. The molecule has 0 bridgehead atoms. The van der Waals surface area contributed by atoms with Crippen molar-refractivity contribution in [1.82, 2.24) is 0 Å². The molecule has 5 heteroatoms. The number of nitrogens with zero attached hydrogens (tertiary/aromatic N) is 1. The van der Waals surface area contributed by atoms with Crippen molar-refractivity contribution in [1.29, 1.82) is 0 Å². The van der Waals surface area contributed by atoms with E-state index in [9.17, 15) is 4.79 Å². The third-order valence-electron chi connectivity index (χ3n) is 4.46. The smallest absolute Gasteiger partial charge is 0.224 e. The Morgan fingerprint density at radius 1 is 1.07 bits per heavy atom. The van der Waals surface area contributed by atoms with Gasteiger partial charge in [-0.15, -0.1) is 0 Å². The second-order valence-electron chi connectivity index (χ2n) is 7.01. The van der Waals surface area contributed by atoms with Gasteiger partial charge < -0.3 is 19.7 Å². The van der Waals surface area contributed by atoms with E-state index in [4.69, 9.17) is 9.47 Å². The molecule has 1 N–H and O–H groups in total. The maximum Gasteiger partial charge on any atom is 0.224 e. The van der Waals surface area contributed by atoms with Crippen LogP contribution in [-0.4, -0.2) is 38.3 Å². The first kappa shape index (κ1) is 19.2. The summed E-state index contributed by atoms with van der Waals surface area (Å²) in [4.78, 5) is 14.5. The Bertz CT molecular complexity index is 720. The molecule has 3 rings (SSSR count). The number of amides is 1. The minimum absolute atomic E-state index is 0.0183. The van der Waals surface area contributed by atoms with Crippen molar-refractivity contribution in [3.05, 3.63) is 54.1 Å². The monoisotopic (exact) mass is 368 g/mol. The Balaban J connectivity index is 1.45. The van der Waals surface area contributed by atoms with Gasteiger partial charge in [-0.3, -0.25) is 4.79 Å². The van der Waals surface area contributed by atoms with E-state index in [0.717, 1.165) is 44.2 Å². The fourth-order valence-electron chi connectivity index (χ4n) is 3.07. The lowest BCUT2D eigenvalue weighted by Gasteiger charge is -2.28. The van der Waals surface area contributed by atoms with Gasteiger partial charge in [0.25, 0.3) is 0 Å². The first-order chi connectivity index (χ1) is 13.1. The lowest BCUT2D eigenvalue weighted by atomic mass is 10.1. The number of hydrogen-bond donors (Lipinski definition) is 1. The largest absolute Gasteiger partial charge is 0.491 e. The summed E-state index contributed by atoms with van der Waals surface area (Å²) in [7, 11) is 0. The molecule has 27 heavy (non-hydrogen) atoms. The molecule has 2 aromatic rings. The van der Waals surface area contributed by atoms with E-state index < -0.39 is 0 Å². The van der Waals surface area contributed by atoms with Gasteiger partial charge in [0.05, 0.1) is 19.3 Å². The average Bonchev–Trinajstić information content (AvgIpc) is 2.69. The zero-order valence-corrected chi connectivity index (χ0v) is 16.1. The van der Waals surface area contributed by atoms with Crippen molar-refractivity contribution in [2.75, 3.05) is 36.5 Å². The van der Waals surface area contributed by atoms with Gasteiger partial charge in [-0.2, -0.15) is 0 Å². The highest BCUT2D eigenvalue weighted by atomic mass is 16.5. The van der Waals surface area contributed by atoms with Gasteiger partial charge in [-0.1, -0.05) is 12.1 Å². The Hall–Kier alpha value is -2.53. The highest BCUT2D eigenvalue weighted by Crippen LogP contribution is 2.19. The number of carbonyl (C=O) groups excluding carboxylic acids is 1. The van der Waals surface area contributed by atoms with Crippen LogP contribution in [0.5, 0.6) is 5.75 Å². The van der Waals surface area contributed by atoms with Crippen molar-refractivity contribution in [3.63, 3.8) is 0 Å². The lowest BCUT2D eigenvalue weighted by molar-refractivity contribution is -0.116. The number of ether oxygens (including phenoxy) is 2. The summed E-state index contributed by atoms with van der Waals surface area (Å²) >= 11 is 0. The Morgan fingerprint density at radius 2 is 1.74 bits per heavy atom. The molecule has 0 atom stereocenters. The molecule has 1 aliphatic rings. The first-order valence-corrected chi connectivity index (χ1v) is 9.58. The summed E-state index contributed by atoms with van der Waals surface area (Å²) in [5.74, 6) is 0.827. The standard InChI is InChI=1S/C22H28N2O3/c1-17(2)27-21-10-6-19(7-11-21)23-22(25)12-5-18-3-8-20(9-4-18)24-13-15-26-16-14-24/h3-4,6-11,17H,5,12-16H2,1-2H3,(H,23,25). The molecule has 0 aromatic heterocycles. The summed E-state index contributed by atoms with van der Waals surface area (Å²) in [6.45, 7) is 7.41. The molecule has 1 fully saturated rings. The maximum absolute atomic E-state index is 12.2. The lowest BCUT2D eigenvalue weighted by Crippen LogP contribution is -2.36. The van der Waals surface area contributed by atoms with Crippen LogP contribution in [0.2, 0.25) is 0 Å². The van der Waals surface area contributed by atoms with Gasteiger partial charge in [0.2, 0.25) is 5.91 Å². The van der Waals surface area contributed by atoms with Crippen LogP contribution in [0.4, 0.5) is 11.4 Å². The molecular weight excluding hydrogens is 340 g/mol. The van der Waals surface area contributed by atoms with Crippen LogP contribution in [0.15, 0.2) is 48.5 Å². The van der Waals surface area contributed by atoms with Crippen LogP contribution in [0.3, 0.4) is 0 Å². The minimum Gasteiger partial charge on any atom is -0.491 e. The number of morpholine rings is 1. The Morgan fingerprint density at radius 3 is 2.37 bits per heavy atom. The molecule has 0 aliphatic carbocycles. The van der Waals surface area contributed by atoms with Crippen LogP contribution in [0, 0.1) is 0 Å².